The van der Waals surface area contributed by atoms with Crippen LogP contribution in [0, 0.1) is 20.8 Å². The maximum absolute atomic E-state index is 6.02. The highest BCUT2D eigenvalue weighted by molar-refractivity contribution is 6.10. The van der Waals surface area contributed by atoms with Gasteiger partial charge in [-0.15, -0.1) is 0 Å². The van der Waals surface area contributed by atoms with Crippen LogP contribution < -0.4 is 4.57 Å². The predicted molar refractivity (Wildman–Crippen MR) is 92.3 cm³/mol. The molecule has 3 aromatic heterocycles. The van der Waals surface area contributed by atoms with Gasteiger partial charge in [0.1, 0.15) is 18.1 Å². The smallest absolute Gasteiger partial charge is 0.213 e. The van der Waals surface area contributed by atoms with Crippen LogP contribution >= 0.6 is 0 Å². The number of nitrogens with zero attached hydrogens (tertiary/aromatic N) is 2. The van der Waals surface area contributed by atoms with Crippen molar-refractivity contribution in [2.45, 2.75) is 20.8 Å². The number of furan rings is 1. The summed E-state index contributed by atoms with van der Waals surface area (Å²) in [5.74, 6) is 0. The molecule has 0 atom stereocenters. The van der Waals surface area contributed by atoms with Crippen LogP contribution in [0.15, 0.2) is 47.0 Å². The van der Waals surface area contributed by atoms with Crippen molar-refractivity contribution in [1.82, 2.24) is 4.98 Å². The van der Waals surface area contributed by atoms with Crippen LogP contribution in [-0.4, -0.2) is 4.98 Å². The number of aryl methyl sites for hydroxylation is 4. The molecule has 0 aliphatic carbocycles. The maximum Gasteiger partial charge on any atom is 0.213 e. The molecule has 0 amide bonds. The van der Waals surface area contributed by atoms with Gasteiger partial charge in [-0.2, -0.15) is 0 Å². The van der Waals surface area contributed by atoms with E-state index in [0.717, 1.165) is 27.8 Å². The van der Waals surface area contributed by atoms with Gasteiger partial charge < -0.3 is 4.42 Å². The van der Waals surface area contributed by atoms with Gasteiger partial charge in [0, 0.05) is 17.3 Å². The van der Waals surface area contributed by atoms with Crippen molar-refractivity contribution in [3.8, 4) is 11.3 Å². The first-order chi connectivity index (χ1) is 11.0. The lowest BCUT2D eigenvalue weighted by Crippen LogP contribution is -2.31. The van der Waals surface area contributed by atoms with Crippen LogP contribution in [-0.2, 0) is 7.05 Å². The van der Waals surface area contributed by atoms with Crippen LogP contribution in [0.4, 0.5) is 0 Å². The molecule has 3 heterocycles. The minimum atomic E-state index is 0.840. The summed E-state index contributed by atoms with van der Waals surface area (Å²) >= 11 is 0. The molecule has 4 rings (SSSR count). The van der Waals surface area contributed by atoms with E-state index in [1.807, 2.05) is 25.1 Å². The van der Waals surface area contributed by atoms with Gasteiger partial charge in [-0.25, -0.2) is 9.55 Å². The van der Waals surface area contributed by atoms with Crippen LogP contribution in [0.3, 0.4) is 0 Å². The van der Waals surface area contributed by atoms with E-state index in [-0.39, 0.29) is 0 Å². The van der Waals surface area contributed by atoms with Crippen molar-refractivity contribution in [3.63, 3.8) is 0 Å². The molecule has 0 radical (unpaired) electrons. The Hall–Kier alpha value is -2.68. The number of benzene rings is 1. The fourth-order valence-electron chi connectivity index (χ4n) is 3.27. The quantitative estimate of drug-likeness (QED) is 0.488. The lowest BCUT2D eigenvalue weighted by molar-refractivity contribution is -0.660. The molecule has 23 heavy (non-hydrogen) atoms. The molecule has 1 aromatic carbocycles. The third kappa shape index (κ3) is 2.12. The van der Waals surface area contributed by atoms with E-state index >= 15 is 0 Å². The first-order valence-electron chi connectivity index (χ1n) is 7.81. The normalized spacial score (nSPS) is 11.5. The summed E-state index contributed by atoms with van der Waals surface area (Å²) < 4.78 is 8.19. The average Bonchev–Trinajstić information content (AvgIpc) is 2.86. The van der Waals surface area contributed by atoms with Crippen LogP contribution in [0.25, 0.3) is 33.3 Å². The van der Waals surface area contributed by atoms with Gasteiger partial charge in [-0.1, -0.05) is 6.07 Å². The number of fused-ring (bicyclic) bond motifs is 3. The zero-order chi connectivity index (χ0) is 16.1. The predicted octanol–water partition coefficient (Wildman–Crippen LogP) is 4.40. The summed E-state index contributed by atoms with van der Waals surface area (Å²) in [6.45, 7) is 6.26. The summed E-state index contributed by atoms with van der Waals surface area (Å²) in [7, 11) is 2.08. The van der Waals surface area contributed by atoms with Gasteiger partial charge in [0.15, 0.2) is 11.8 Å². The molecule has 0 saturated heterocycles. The molecule has 0 unspecified atom stereocenters. The highest BCUT2D eigenvalue weighted by Crippen LogP contribution is 2.36. The number of hydrogen-bond acceptors (Lipinski definition) is 2. The molecule has 0 saturated carbocycles. The molecule has 114 valence electrons. The van der Waals surface area contributed by atoms with Gasteiger partial charge in [-0.05, 0) is 50.6 Å². The lowest BCUT2D eigenvalue weighted by Gasteiger charge is -2.06. The van der Waals surface area contributed by atoms with Crippen LogP contribution in [0.2, 0.25) is 0 Å². The molecule has 3 nitrogen and oxygen atoms in total. The summed E-state index contributed by atoms with van der Waals surface area (Å²) in [5.41, 5.74) is 8.51. The number of rotatable bonds is 1. The van der Waals surface area contributed by atoms with E-state index in [1.54, 1.807) is 0 Å². The molecule has 0 fully saturated rings. The molecule has 3 heteroatoms. The second-order valence-electron chi connectivity index (χ2n) is 6.23. The lowest BCUT2D eigenvalue weighted by atomic mass is 9.99. The van der Waals surface area contributed by atoms with E-state index < -0.39 is 0 Å². The largest absolute Gasteiger partial charge is 0.454 e. The second kappa shape index (κ2) is 4.92. The Morgan fingerprint density at radius 1 is 0.913 bits per heavy atom. The molecule has 0 aliphatic heterocycles. The topological polar surface area (TPSA) is 29.9 Å². The Bertz CT molecular complexity index is 1060. The van der Waals surface area contributed by atoms with Crippen molar-refractivity contribution in [3.05, 3.63) is 59.4 Å². The molecule has 0 spiro atoms. The van der Waals surface area contributed by atoms with Crippen molar-refractivity contribution >= 4 is 22.1 Å². The molecule has 0 aliphatic rings. The Morgan fingerprint density at radius 3 is 2.48 bits per heavy atom. The molecular formula is C20H19N2O+. The monoisotopic (exact) mass is 303 g/mol. The minimum Gasteiger partial charge on any atom is -0.454 e. The summed E-state index contributed by atoms with van der Waals surface area (Å²) in [6.07, 6.45) is 2.15. The van der Waals surface area contributed by atoms with Crippen molar-refractivity contribution < 1.29 is 8.98 Å². The first-order valence-corrected chi connectivity index (χ1v) is 7.81. The van der Waals surface area contributed by atoms with E-state index in [1.165, 1.54) is 22.4 Å². The number of aromatic nitrogens is 2. The summed E-state index contributed by atoms with van der Waals surface area (Å²) in [6, 6.07) is 12.5. The van der Waals surface area contributed by atoms with Gasteiger partial charge in [-0.3, -0.25) is 0 Å². The van der Waals surface area contributed by atoms with Crippen molar-refractivity contribution in [2.24, 2.45) is 7.05 Å². The van der Waals surface area contributed by atoms with Gasteiger partial charge in [0.25, 0.3) is 0 Å². The second-order valence-corrected chi connectivity index (χ2v) is 6.23. The van der Waals surface area contributed by atoms with Gasteiger partial charge in [0.2, 0.25) is 5.69 Å². The fraction of sp³-hybridized carbons (Fsp3) is 0.200. The highest BCUT2D eigenvalue weighted by Gasteiger charge is 2.21. The van der Waals surface area contributed by atoms with Crippen molar-refractivity contribution in [1.29, 1.82) is 0 Å². The van der Waals surface area contributed by atoms with E-state index in [2.05, 4.69) is 49.9 Å². The molecule has 4 aromatic rings. The zero-order valence-electron chi connectivity index (χ0n) is 13.8. The first kappa shape index (κ1) is 13.9. The fourth-order valence-corrected chi connectivity index (χ4v) is 3.27. The highest BCUT2D eigenvalue weighted by atomic mass is 16.3. The van der Waals surface area contributed by atoms with E-state index in [4.69, 9.17) is 9.40 Å². The number of hydrogen-bond donors (Lipinski definition) is 0. The standard InChI is InChI=1S/C20H19N2O/c1-12-5-8-15(22(4)11-12)18-13(2)6-9-16-19(18)20-17(23-16)10-7-14(3)21-20/h5-11H,1-4H3/q+1. The van der Waals surface area contributed by atoms with E-state index in [9.17, 15) is 0 Å². The Labute approximate surface area is 135 Å². The third-order valence-electron chi connectivity index (χ3n) is 4.37. The molecular weight excluding hydrogens is 284 g/mol. The zero-order valence-corrected chi connectivity index (χ0v) is 13.8. The van der Waals surface area contributed by atoms with E-state index in [0.29, 0.717) is 0 Å². The summed E-state index contributed by atoms with van der Waals surface area (Å²) in [4.78, 5) is 4.74. The maximum atomic E-state index is 6.02. The third-order valence-corrected chi connectivity index (χ3v) is 4.37. The van der Waals surface area contributed by atoms with Crippen LogP contribution in [0.5, 0.6) is 0 Å². The van der Waals surface area contributed by atoms with Crippen molar-refractivity contribution in [2.75, 3.05) is 0 Å². The SMILES string of the molecule is Cc1ccc(-c2c(C)ccc3oc4ccc(C)nc4c23)[n+](C)c1. The number of pyridine rings is 2. The Balaban J connectivity index is 2.18. The Kier molecular flexibility index (Phi) is 2.98. The molecule has 0 bridgehead atoms. The average molecular weight is 303 g/mol. The minimum absolute atomic E-state index is 0.840. The molecule has 0 N–H and O–H groups in total. The summed E-state index contributed by atoms with van der Waals surface area (Å²) in [5, 5.41) is 1.10. The van der Waals surface area contributed by atoms with Crippen LogP contribution in [0.1, 0.15) is 16.8 Å². The van der Waals surface area contributed by atoms with Gasteiger partial charge >= 0.3 is 0 Å². The Morgan fingerprint density at radius 2 is 1.70 bits per heavy atom. The van der Waals surface area contributed by atoms with Gasteiger partial charge in [0.05, 0.1) is 10.9 Å².